The molecule has 0 aliphatic heterocycles. The fourth-order valence-corrected chi connectivity index (χ4v) is 16.4. The molecule has 4 heterocycles. The van der Waals surface area contributed by atoms with E-state index in [0.717, 1.165) is 181 Å². The first-order valence-electron chi connectivity index (χ1n) is 47.0. The number of hydrogen-bond donors (Lipinski definition) is 4. The quantitative estimate of drug-likeness (QED) is 0.0121. The molecule has 12 aromatic carbocycles. The molecule has 0 radical (unpaired) electrons. The average Bonchev–Trinajstić information content (AvgIpc) is 1.67. The first-order chi connectivity index (χ1) is 67.4. The minimum absolute atomic E-state index is 0. The Kier molecular flexibility index (Phi) is 42.6. The number of benzene rings is 12. The molecular formula is C116H128ClLiN6O17. The van der Waals surface area contributed by atoms with E-state index >= 15 is 0 Å². The number of ether oxygens (including phenoxy) is 7. The van der Waals surface area contributed by atoms with Crippen LogP contribution in [0.5, 0.6) is 23.0 Å². The van der Waals surface area contributed by atoms with Gasteiger partial charge in [-0.1, -0.05) is 172 Å². The maximum Gasteiger partial charge on any atom is 1.00 e. The molecule has 0 saturated carbocycles. The molecule has 25 heteroatoms. The fourth-order valence-electron chi connectivity index (χ4n) is 16.2. The maximum absolute atomic E-state index is 12.0. The second-order valence-corrected chi connectivity index (χ2v) is 34.7. The summed E-state index contributed by atoms with van der Waals surface area (Å²) in [5.74, 6) is 4.71. The van der Waals surface area contributed by atoms with Crippen LogP contribution >= 0.6 is 11.6 Å². The van der Waals surface area contributed by atoms with E-state index in [1.165, 1.54) is 11.1 Å². The summed E-state index contributed by atoms with van der Waals surface area (Å²) in [6, 6.07) is 88.4. The van der Waals surface area contributed by atoms with Gasteiger partial charge in [0, 0.05) is 79.1 Å². The van der Waals surface area contributed by atoms with Crippen LogP contribution in [0.3, 0.4) is 0 Å². The van der Waals surface area contributed by atoms with Gasteiger partial charge >= 0.3 is 42.7 Å². The zero-order valence-corrected chi connectivity index (χ0v) is 84.0. The third kappa shape index (κ3) is 31.5. The van der Waals surface area contributed by atoms with Crippen LogP contribution in [0.2, 0.25) is 0 Å². The van der Waals surface area contributed by atoms with E-state index in [1.54, 1.807) is 26.0 Å². The molecule has 0 aliphatic rings. The smallest absolute Gasteiger partial charge is 0.870 e. The van der Waals surface area contributed by atoms with E-state index in [-0.39, 0.29) is 67.9 Å². The number of nitrogens with one attached hydrogen (secondary N) is 1. The number of carbonyl (C=O) groups is 4. The molecule has 0 fully saturated rings. The van der Waals surface area contributed by atoms with Crippen LogP contribution < -0.4 is 54.6 Å². The Morgan fingerprint density at radius 3 is 0.830 bits per heavy atom. The molecule has 0 aliphatic carbocycles. The van der Waals surface area contributed by atoms with E-state index < -0.39 is 5.97 Å². The molecule has 0 saturated heterocycles. The summed E-state index contributed by atoms with van der Waals surface area (Å²) in [4.78, 5) is 53.5. The van der Waals surface area contributed by atoms with Gasteiger partial charge in [-0.3, -0.25) is 19.2 Å². The number of fused-ring (bicyclic) bond motifs is 4. The van der Waals surface area contributed by atoms with Crippen molar-refractivity contribution in [1.82, 2.24) is 20.0 Å². The molecule has 0 amide bonds. The van der Waals surface area contributed by atoms with E-state index in [0.29, 0.717) is 107 Å². The number of carboxylic acid groups (broad SMARTS) is 1. The predicted octanol–water partition coefficient (Wildman–Crippen LogP) is 20.3. The van der Waals surface area contributed by atoms with Crippen LogP contribution in [0.1, 0.15) is 124 Å². The zero-order chi connectivity index (χ0) is 98.9. The molecule has 0 bridgehead atoms. The van der Waals surface area contributed by atoms with Gasteiger partial charge in [-0.25, -0.2) is 0 Å². The molecule has 4 aromatic heterocycles. The van der Waals surface area contributed by atoms with Crippen LogP contribution in [0.25, 0.3) is 88.4 Å². The number of carboxylic acids is 1. The number of para-hydroxylation sites is 4. The van der Waals surface area contributed by atoms with E-state index in [9.17, 15) is 24.3 Å². The summed E-state index contributed by atoms with van der Waals surface area (Å²) < 4.78 is 64.8. The first-order valence-corrected chi connectivity index (χ1v) is 47.5. The van der Waals surface area contributed by atoms with Crippen molar-refractivity contribution in [3.05, 3.63) is 357 Å². The number of aryl methyl sites for hydroxylation is 2. The van der Waals surface area contributed by atoms with Gasteiger partial charge in [-0.15, -0.1) is 11.6 Å². The van der Waals surface area contributed by atoms with Crippen LogP contribution in [-0.2, 0) is 137 Å². The number of rotatable bonds is 38. The molecule has 141 heavy (non-hydrogen) atoms. The molecule has 732 valence electrons. The fraction of sp³-hybridized carbons (Fsp3) is 0.276. The number of nitrogens with zero attached hydrogens (tertiary/aromatic N) is 3. The topological polar surface area (TPSA) is 309 Å². The third-order valence-electron chi connectivity index (χ3n) is 22.4. The number of esters is 3. The van der Waals surface area contributed by atoms with Gasteiger partial charge in [0.25, 0.3) is 0 Å². The van der Waals surface area contributed by atoms with Crippen LogP contribution in [0.15, 0.2) is 285 Å². The largest absolute Gasteiger partial charge is 1.00 e. The first kappa shape index (κ1) is 109. The third-order valence-corrected chi connectivity index (χ3v) is 22.7. The number of nitrogens with two attached hydrogens (primary N) is 2. The molecule has 16 aromatic rings. The number of hydrogen-bond acceptors (Lipinski definition) is 22. The van der Waals surface area contributed by atoms with E-state index in [2.05, 4.69) is 173 Å². The normalized spacial score (nSPS) is 10.9. The molecule has 0 atom stereocenters. The van der Waals surface area contributed by atoms with Crippen LogP contribution in [0, 0.1) is 0 Å². The van der Waals surface area contributed by atoms with Crippen molar-refractivity contribution in [2.24, 2.45) is 11.5 Å². The van der Waals surface area contributed by atoms with Crippen molar-refractivity contribution in [3.8, 4) is 67.5 Å². The Bertz CT molecular complexity index is 6590. The van der Waals surface area contributed by atoms with Crippen LogP contribution in [0.4, 0.5) is 0 Å². The monoisotopic (exact) mass is 1920 g/mol. The standard InChI is InChI=1S/C30H33NO4.C29H32N2O4.C28H27ClO4.C27H28N2O4.C2H7N.Li.H2O/c1-5-21-10-9-12-23(14-21)27-16-22(15-25-17-26(19-31(3)4)35-30(25)27)20-34-28-13-8-7-11-24(28)18-29(32)33-6-2;1-4-33-28(32)16-23-9-5-6-11-27(23)34-19-21-13-24-15-25(18-31(2)3)35-29(24)26(14-21)22-10-7-8-20(12-22)17-30;1-3-19-8-7-10-21(12-19)25-14-20(13-23-15-24(17-29)33-28(23)25)18-32-26-11-6-5-9-22(26)16-27(30)31-4-2;1-29(2)16-23-13-22-11-19(17-32-25-9-4-3-7-21(25)14-26(30)31)12-24(27(22)33-23)20-8-5-6-18(10-20)15-28;1-3-2;;/h7-17H,5-6,18-20H2,1-4H3;5-15H,4,16-19,30H2,1-3H3;5-15H,3-4,16-18H2,1-2H3;3-13H,14-17,28H2,1-2H3,(H,30,31);3H,1-2H3;;1H2/q;;;;;+1;/p-1. The Morgan fingerprint density at radius 1 is 0.333 bits per heavy atom. The molecular weight excluding hydrogens is 1790 g/mol. The Hall–Kier alpha value is -13.5. The Balaban J connectivity index is 0.000000191. The summed E-state index contributed by atoms with van der Waals surface area (Å²) in [6.45, 7) is 15.3. The van der Waals surface area contributed by atoms with Gasteiger partial charge in [0.2, 0.25) is 0 Å². The van der Waals surface area contributed by atoms with Crippen molar-refractivity contribution in [3.63, 3.8) is 0 Å². The SMILES string of the molecule is CCOC(=O)Cc1ccccc1OCc1cc(-c2cccc(CC)c2)c2oc(CCl)cc2c1.CCOC(=O)Cc1ccccc1OCc1cc(-c2cccc(CC)c2)c2oc(CN(C)C)cc2c1.CCOC(=O)Cc1ccccc1OCc1cc(-c2cccc(CN)c2)c2oc(CN(C)C)cc2c1.CN(C)Cc1cc2cc(COc3ccccc3CC(=O)O)cc(-c3cccc(CN)c3)c2o1.CNC.[Li+].[OH-]. The summed E-state index contributed by atoms with van der Waals surface area (Å²) in [7, 11) is 15.9. The van der Waals surface area contributed by atoms with E-state index in [4.69, 9.17) is 73.9 Å². The average molecular weight is 1920 g/mol. The van der Waals surface area contributed by atoms with Gasteiger partial charge in [-0.05, 0) is 266 Å². The summed E-state index contributed by atoms with van der Waals surface area (Å²) in [6.07, 6.45) is 2.40. The summed E-state index contributed by atoms with van der Waals surface area (Å²) in [5.41, 5.74) is 35.3. The van der Waals surface area contributed by atoms with E-state index in [1.807, 2.05) is 179 Å². The second kappa shape index (κ2) is 54.9. The van der Waals surface area contributed by atoms with Gasteiger partial charge in [0.1, 0.15) is 94.8 Å². The van der Waals surface area contributed by atoms with Crippen molar-refractivity contribution >= 4 is 79.4 Å². The van der Waals surface area contributed by atoms with Crippen molar-refractivity contribution in [2.45, 2.75) is 138 Å². The number of furan rings is 4. The van der Waals surface area contributed by atoms with Gasteiger partial charge in [-0.2, -0.15) is 0 Å². The Labute approximate surface area is 843 Å². The van der Waals surface area contributed by atoms with Crippen molar-refractivity contribution in [1.29, 1.82) is 0 Å². The summed E-state index contributed by atoms with van der Waals surface area (Å²) >= 11 is 6.05. The van der Waals surface area contributed by atoms with Crippen LogP contribution in [-0.4, -0.2) is 125 Å². The minimum atomic E-state index is -0.888. The minimum Gasteiger partial charge on any atom is -0.870 e. The molecule has 0 spiro atoms. The number of carbonyl (C=O) groups excluding carboxylic acids is 3. The van der Waals surface area contributed by atoms with Crippen molar-refractivity contribution in [2.75, 3.05) is 76.2 Å². The maximum atomic E-state index is 12.0. The second-order valence-electron chi connectivity index (χ2n) is 34.5. The molecule has 7 N–H and O–H groups in total. The number of halogens is 1. The van der Waals surface area contributed by atoms with Gasteiger partial charge in [0.15, 0.2) is 0 Å². The van der Waals surface area contributed by atoms with Gasteiger partial charge < -0.3 is 92.9 Å². The molecule has 23 nitrogen and oxygen atoms in total. The van der Waals surface area contributed by atoms with Crippen molar-refractivity contribution < 1.29 is 99.4 Å². The number of alkyl halides is 1. The molecule has 16 rings (SSSR count). The number of aliphatic carboxylic acids is 1. The Morgan fingerprint density at radius 2 is 0.582 bits per heavy atom. The van der Waals surface area contributed by atoms with Gasteiger partial charge in [0.05, 0.1) is 71.0 Å². The zero-order valence-electron chi connectivity index (χ0n) is 83.2. The predicted molar refractivity (Wildman–Crippen MR) is 555 cm³/mol. The summed E-state index contributed by atoms with van der Waals surface area (Å²) in [5, 5.41) is 16.0. The molecule has 0 unspecified atom stereocenters.